The lowest BCUT2D eigenvalue weighted by Gasteiger charge is -2.33. The highest BCUT2D eigenvalue weighted by atomic mass is 16.2. The first-order valence-corrected chi connectivity index (χ1v) is 9.36. The first kappa shape index (κ1) is 16.2. The van der Waals surface area contributed by atoms with E-state index in [2.05, 4.69) is 40.2 Å². The number of aromatic nitrogens is 2. The minimum Gasteiger partial charge on any atom is -0.371 e. The number of amides is 1. The lowest BCUT2D eigenvalue weighted by atomic mass is 9.94. The zero-order valence-corrected chi connectivity index (χ0v) is 14.9. The van der Waals surface area contributed by atoms with E-state index in [0.717, 1.165) is 61.5 Å². The molecule has 0 unspecified atom stereocenters. The van der Waals surface area contributed by atoms with Gasteiger partial charge in [0.05, 0.1) is 5.56 Å². The van der Waals surface area contributed by atoms with Crippen molar-refractivity contribution >= 4 is 11.6 Å². The maximum absolute atomic E-state index is 13.3. The standard InChI is InChI=1S/C20H26N4O/c1-15-6-7-19(23-10-2-3-11-23)17(13-15)20(25)24-12-4-5-16(14-24)18-8-9-21-22-18/h6-9,13,16H,2-5,10-12,14H2,1H3,(H,21,22)/t16-/m0/s1. The van der Waals surface area contributed by atoms with Crippen LogP contribution in [0.1, 0.15) is 53.2 Å². The number of benzene rings is 1. The maximum Gasteiger partial charge on any atom is 0.255 e. The highest BCUT2D eigenvalue weighted by Crippen LogP contribution is 2.30. The van der Waals surface area contributed by atoms with Crippen molar-refractivity contribution in [3.8, 4) is 0 Å². The van der Waals surface area contributed by atoms with Crippen molar-refractivity contribution in [2.45, 2.75) is 38.5 Å². The Labute approximate surface area is 149 Å². The zero-order chi connectivity index (χ0) is 17.2. The van der Waals surface area contributed by atoms with Crippen LogP contribution in [0, 0.1) is 6.92 Å². The highest BCUT2D eigenvalue weighted by Gasteiger charge is 2.28. The number of hydrogen-bond donors (Lipinski definition) is 1. The van der Waals surface area contributed by atoms with Gasteiger partial charge in [0.1, 0.15) is 0 Å². The van der Waals surface area contributed by atoms with Gasteiger partial charge in [0.25, 0.3) is 5.91 Å². The fraction of sp³-hybridized carbons (Fsp3) is 0.500. The lowest BCUT2D eigenvalue weighted by molar-refractivity contribution is 0.0706. The number of hydrogen-bond acceptors (Lipinski definition) is 3. The second-order valence-corrected chi connectivity index (χ2v) is 7.32. The van der Waals surface area contributed by atoms with Crippen LogP contribution in [-0.4, -0.2) is 47.2 Å². The maximum atomic E-state index is 13.3. The van der Waals surface area contributed by atoms with Gasteiger partial charge in [-0.1, -0.05) is 11.6 Å². The number of H-pyrrole nitrogens is 1. The number of carbonyl (C=O) groups excluding carboxylic acids is 1. The largest absolute Gasteiger partial charge is 0.371 e. The molecule has 0 bridgehead atoms. The van der Waals surface area contributed by atoms with E-state index in [1.54, 1.807) is 6.20 Å². The summed E-state index contributed by atoms with van der Waals surface area (Å²) in [6.07, 6.45) is 6.38. The number of piperidine rings is 1. The molecule has 1 atom stereocenters. The molecule has 0 aliphatic carbocycles. The minimum atomic E-state index is 0.176. The summed E-state index contributed by atoms with van der Waals surface area (Å²) in [5.74, 6) is 0.537. The topological polar surface area (TPSA) is 52.2 Å². The van der Waals surface area contributed by atoms with Gasteiger partial charge in [-0.15, -0.1) is 0 Å². The number of nitrogens with zero attached hydrogens (tertiary/aromatic N) is 3. The molecule has 2 saturated heterocycles. The van der Waals surface area contributed by atoms with E-state index in [9.17, 15) is 4.79 Å². The molecule has 0 radical (unpaired) electrons. The summed E-state index contributed by atoms with van der Waals surface area (Å²) in [5.41, 5.74) is 4.26. The average molecular weight is 338 g/mol. The molecule has 5 heteroatoms. The van der Waals surface area contributed by atoms with Crippen molar-refractivity contribution in [3.63, 3.8) is 0 Å². The molecule has 132 valence electrons. The van der Waals surface area contributed by atoms with Crippen LogP contribution in [0.3, 0.4) is 0 Å². The predicted molar refractivity (Wildman–Crippen MR) is 99.1 cm³/mol. The van der Waals surface area contributed by atoms with E-state index in [1.807, 2.05) is 11.0 Å². The lowest BCUT2D eigenvalue weighted by Crippen LogP contribution is -2.40. The second-order valence-electron chi connectivity index (χ2n) is 7.32. The van der Waals surface area contributed by atoms with Crippen LogP contribution in [-0.2, 0) is 0 Å². The molecule has 0 spiro atoms. The minimum absolute atomic E-state index is 0.176. The van der Waals surface area contributed by atoms with Gasteiger partial charge in [0.2, 0.25) is 0 Å². The Morgan fingerprint density at radius 2 is 2.00 bits per heavy atom. The molecule has 2 fully saturated rings. The Bertz CT molecular complexity index is 734. The van der Waals surface area contributed by atoms with Crippen LogP contribution in [0.4, 0.5) is 5.69 Å². The molecule has 25 heavy (non-hydrogen) atoms. The van der Waals surface area contributed by atoms with Crippen LogP contribution in [0.2, 0.25) is 0 Å². The summed E-state index contributed by atoms with van der Waals surface area (Å²) in [6, 6.07) is 8.34. The van der Waals surface area contributed by atoms with Crippen molar-refractivity contribution < 1.29 is 4.79 Å². The van der Waals surface area contributed by atoms with E-state index in [1.165, 1.54) is 12.8 Å². The van der Waals surface area contributed by atoms with Crippen LogP contribution in [0.25, 0.3) is 0 Å². The van der Waals surface area contributed by atoms with Crippen molar-refractivity contribution in [1.82, 2.24) is 15.1 Å². The fourth-order valence-electron chi connectivity index (χ4n) is 4.13. The number of nitrogens with one attached hydrogen (secondary N) is 1. The summed E-state index contributed by atoms with van der Waals surface area (Å²) >= 11 is 0. The van der Waals surface area contributed by atoms with Gasteiger partial charge < -0.3 is 9.80 Å². The van der Waals surface area contributed by atoms with Gasteiger partial charge in [-0.3, -0.25) is 9.89 Å². The third-order valence-electron chi connectivity index (χ3n) is 5.50. The Kier molecular flexibility index (Phi) is 4.47. The van der Waals surface area contributed by atoms with Crippen molar-refractivity contribution in [1.29, 1.82) is 0 Å². The molecule has 2 aliphatic heterocycles. The number of rotatable bonds is 3. The van der Waals surface area contributed by atoms with Crippen molar-refractivity contribution in [2.24, 2.45) is 0 Å². The van der Waals surface area contributed by atoms with E-state index in [0.29, 0.717) is 5.92 Å². The molecule has 3 heterocycles. The van der Waals surface area contributed by atoms with Gasteiger partial charge in [-0.25, -0.2) is 0 Å². The smallest absolute Gasteiger partial charge is 0.255 e. The first-order valence-electron chi connectivity index (χ1n) is 9.36. The molecule has 1 N–H and O–H groups in total. The first-order chi connectivity index (χ1) is 12.2. The molecule has 0 saturated carbocycles. The Hall–Kier alpha value is -2.30. The molecule has 1 amide bonds. The number of anilines is 1. The molecule has 5 nitrogen and oxygen atoms in total. The third-order valence-corrected chi connectivity index (χ3v) is 5.50. The van der Waals surface area contributed by atoms with Crippen LogP contribution in [0.5, 0.6) is 0 Å². The number of aromatic amines is 1. The molecule has 1 aromatic carbocycles. The zero-order valence-electron chi connectivity index (χ0n) is 14.9. The molecule has 2 aliphatic rings. The van der Waals surface area contributed by atoms with E-state index >= 15 is 0 Å². The summed E-state index contributed by atoms with van der Waals surface area (Å²) < 4.78 is 0. The number of likely N-dealkylation sites (tertiary alicyclic amines) is 1. The quantitative estimate of drug-likeness (QED) is 0.934. The van der Waals surface area contributed by atoms with E-state index in [4.69, 9.17) is 0 Å². The van der Waals surface area contributed by atoms with Gasteiger partial charge >= 0.3 is 0 Å². The highest BCUT2D eigenvalue weighted by molar-refractivity contribution is 6.00. The van der Waals surface area contributed by atoms with Crippen LogP contribution < -0.4 is 4.90 Å². The average Bonchev–Trinajstić information content (AvgIpc) is 3.35. The fourth-order valence-corrected chi connectivity index (χ4v) is 4.13. The van der Waals surface area contributed by atoms with Gasteiger partial charge in [0, 0.05) is 49.7 Å². The summed E-state index contributed by atoms with van der Waals surface area (Å²) in [7, 11) is 0. The molecular formula is C20H26N4O. The van der Waals surface area contributed by atoms with Crippen molar-refractivity contribution in [2.75, 3.05) is 31.1 Å². The molecule has 2 aromatic rings. The molecule has 1 aromatic heterocycles. The second kappa shape index (κ2) is 6.90. The van der Waals surface area contributed by atoms with E-state index < -0.39 is 0 Å². The molecular weight excluding hydrogens is 312 g/mol. The SMILES string of the molecule is Cc1ccc(N2CCCC2)c(C(=O)N2CCC[C@H](c3ccn[nH]3)C2)c1. The van der Waals surface area contributed by atoms with Gasteiger partial charge in [-0.05, 0) is 50.8 Å². The van der Waals surface area contributed by atoms with Crippen LogP contribution in [0.15, 0.2) is 30.5 Å². The number of aryl methyl sites for hydroxylation is 1. The summed E-state index contributed by atoms with van der Waals surface area (Å²) in [4.78, 5) is 17.7. The Morgan fingerprint density at radius 1 is 1.16 bits per heavy atom. The Morgan fingerprint density at radius 3 is 2.76 bits per heavy atom. The summed E-state index contributed by atoms with van der Waals surface area (Å²) in [6.45, 7) is 5.79. The van der Waals surface area contributed by atoms with E-state index in [-0.39, 0.29) is 5.91 Å². The monoisotopic (exact) mass is 338 g/mol. The van der Waals surface area contributed by atoms with Crippen LogP contribution >= 0.6 is 0 Å². The Balaban J connectivity index is 1.58. The normalized spacial score (nSPS) is 20.9. The number of carbonyl (C=O) groups is 1. The van der Waals surface area contributed by atoms with Gasteiger partial charge in [-0.2, -0.15) is 5.10 Å². The summed E-state index contributed by atoms with van der Waals surface area (Å²) in [5, 5.41) is 7.14. The van der Waals surface area contributed by atoms with Crippen molar-refractivity contribution in [3.05, 3.63) is 47.3 Å². The predicted octanol–water partition coefficient (Wildman–Crippen LogP) is 3.34. The third kappa shape index (κ3) is 3.28. The molecule has 4 rings (SSSR count). The van der Waals surface area contributed by atoms with Gasteiger partial charge in [0.15, 0.2) is 0 Å².